The second kappa shape index (κ2) is 9.45. The van der Waals surface area contributed by atoms with Gasteiger partial charge in [0.15, 0.2) is 5.13 Å². The lowest BCUT2D eigenvalue weighted by molar-refractivity contribution is -0.116. The van der Waals surface area contributed by atoms with Crippen LogP contribution in [0.2, 0.25) is 0 Å². The fraction of sp³-hybridized carbons (Fsp3) is 0.391. The predicted octanol–water partition coefficient (Wildman–Crippen LogP) is 5.86. The molecule has 0 radical (unpaired) electrons. The van der Waals surface area contributed by atoms with E-state index in [1.165, 1.54) is 29.5 Å². The number of hydrogen-bond acceptors (Lipinski definition) is 5. The highest BCUT2D eigenvalue weighted by atomic mass is 32.2. The molecule has 0 spiro atoms. The number of thioether (sulfide) groups is 1. The topological polar surface area (TPSA) is 42.4 Å². The third kappa shape index (κ3) is 4.85. The highest BCUT2D eigenvalue weighted by Crippen LogP contribution is 2.34. The summed E-state index contributed by atoms with van der Waals surface area (Å²) in [5, 5.41) is 0.721. The molecule has 4 nitrogen and oxygen atoms in total. The largest absolute Gasteiger partial charge is 0.376 e. The minimum Gasteiger partial charge on any atom is -0.376 e. The maximum Gasteiger partial charge on any atom is 0.239 e. The first-order chi connectivity index (χ1) is 14.5. The van der Waals surface area contributed by atoms with Gasteiger partial charge in [0.2, 0.25) is 5.91 Å². The molecule has 1 aliphatic rings. The number of fused-ring (bicyclic) bond motifs is 1. The van der Waals surface area contributed by atoms with Gasteiger partial charge in [0.1, 0.15) is 5.82 Å². The van der Waals surface area contributed by atoms with Gasteiger partial charge in [0.25, 0.3) is 0 Å². The minimum atomic E-state index is -0.277. The Kier molecular flexibility index (Phi) is 6.71. The van der Waals surface area contributed by atoms with Crippen LogP contribution >= 0.6 is 23.1 Å². The molecule has 1 saturated heterocycles. The third-order valence-electron chi connectivity index (χ3n) is 5.18. The number of carbonyl (C=O) groups is 1. The number of anilines is 1. The van der Waals surface area contributed by atoms with Crippen LogP contribution in [-0.2, 0) is 9.53 Å². The van der Waals surface area contributed by atoms with E-state index in [0.29, 0.717) is 12.5 Å². The Morgan fingerprint density at radius 3 is 2.80 bits per heavy atom. The Morgan fingerprint density at radius 2 is 2.10 bits per heavy atom. The number of ether oxygens (including phenoxy) is 1. The molecule has 1 amide bonds. The van der Waals surface area contributed by atoms with E-state index >= 15 is 0 Å². The van der Waals surface area contributed by atoms with Crippen molar-refractivity contribution < 1.29 is 13.9 Å². The molecule has 2 aromatic carbocycles. The number of nitrogens with zero attached hydrogens (tertiary/aromatic N) is 2. The summed E-state index contributed by atoms with van der Waals surface area (Å²) in [6.45, 7) is 5.57. The fourth-order valence-corrected chi connectivity index (χ4v) is 5.37. The van der Waals surface area contributed by atoms with Gasteiger partial charge in [-0.3, -0.25) is 9.69 Å². The Labute approximate surface area is 184 Å². The van der Waals surface area contributed by atoms with E-state index in [-0.39, 0.29) is 23.6 Å². The van der Waals surface area contributed by atoms with E-state index in [1.807, 2.05) is 0 Å². The summed E-state index contributed by atoms with van der Waals surface area (Å²) >= 11 is 2.96. The highest BCUT2D eigenvalue weighted by Gasteiger charge is 2.26. The van der Waals surface area contributed by atoms with Crippen molar-refractivity contribution in [3.05, 3.63) is 53.8 Å². The van der Waals surface area contributed by atoms with Crippen LogP contribution in [0, 0.1) is 5.82 Å². The average molecular weight is 445 g/mol. The quantitative estimate of drug-likeness (QED) is 0.428. The standard InChI is InChI=1S/C23H25FN2O2S2/c1-15(2)19-6-3-7-20-22(19)25-23(30-20)26(13-17-5-4-12-28-17)21(27)14-29-18-10-8-16(24)9-11-18/h3,6-11,15,17H,4-5,12-14H2,1-2H3. The van der Waals surface area contributed by atoms with E-state index < -0.39 is 0 Å². The molecule has 1 aromatic heterocycles. The molecule has 30 heavy (non-hydrogen) atoms. The number of aromatic nitrogens is 1. The summed E-state index contributed by atoms with van der Waals surface area (Å²) in [6, 6.07) is 12.4. The molecule has 0 aliphatic carbocycles. The van der Waals surface area contributed by atoms with E-state index in [0.717, 1.165) is 39.7 Å². The van der Waals surface area contributed by atoms with E-state index in [9.17, 15) is 9.18 Å². The lowest BCUT2D eigenvalue weighted by Crippen LogP contribution is -2.38. The summed E-state index contributed by atoms with van der Waals surface area (Å²) in [5.41, 5.74) is 2.17. The van der Waals surface area contributed by atoms with Crippen molar-refractivity contribution in [2.24, 2.45) is 0 Å². The third-order valence-corrected chi connectivity index (χ3v) is 7.22. The molecular weight excluding hydrogens is 419 g/mol. The van der Waals surface area contributed by atoms with Gasteiger partial charge >= 0.3 is 0 Å². The van der Waals surface area contributed by atoms with Gasteiger partial charge in [-0.25, -0.2) is 9.37 Å². The van der Waals surface area contributed by atoms with Crippen molar-refractivity contribution in [2.75, 3.05) is 23.8 Å². The monoisotopic (exact) mass is 444 g/mol. The zero-order chi connectivity index (χ0) is 21.1. The molecule has 1 aliphatic heterocycles. The van der Waals surface area contributed by atoms with Crippen LogP contribution in [-0.4, -0.2) is 35.9 Å². The fourth-order valence-electron chi connectivity index (χ4n) is 3.57. The SMILES string of the molecule is CC(C)c1cccc2sc(N(CC3CCCO3)C(=O)CSc3ccc(F)cc3)nc12. The van der Waals surface area contributed by atoms with Crippen LogP contribution in [0.1, 0.15) is 38.2 Å². The van der Waals surface area contributed by atoms with Crippen LogP contribution in [0.15, 0.2) is 47.4 Å². The van der Waals surface area contributed by atoms with Crippen LogP contribution in [0.3, 0.4) is 0 Å². The molecule has 0 saturated carbocycles. The normalized spacial score (nSPS) is 16.5. The first kappa shape index (κ1) is 21.3. The zero-order valence-corrected chi connectivity index (χ0v) is 18.8. The maximum absolute atomic E-state index is 13.2. The van der Waals surface area contributed by atoms with Crippen molar-refractivity contribution in [1.29, 1.82) is 0 Å². The van der Waals surface area contributed by atoms with Gasteiger partial charge in [-0.2, -0.15) is 0 Å². The van der Waals surface area contributed by atoms with Crippen molar-refractivity contribution in [1.82, 2.24) is 4.98 Å². The Balaban J connectivity index is 1.58. The number of para-hydroxylation sites is 1. The van der Waals surface area contributed by atoms with Crippen LogP contribution < -0.4 is 4.90 Å². The number of thiazole rings is 1. The molecule has 3 aromatic rings. The molecule has 0 N–H and O–H groups in total. The van der Waals surface area contributed by atoms with Crippen molar-refractivity contribution in [3.8, 4) is 0 Å². The number of amides is 1. The minimum absolute atomic E-state index is 0.00928. The molecule has 4 rings (SSSR count). The van der Waals surface area contributed by atoms with E-state index in [2.05, 4.69) is 32.0 Å². The number of halogens is 1. The second-order valence-corrected chi connectivity index (χ2v) is 9.78. The summed E-state index contributed by atoms with van der Waals surface area (Å²) in [4.78, 5) is 20.7. The van der Waals surface area contributed by atoms with Crippen LogP contribution in [0.5, 0.6) is 0 Å². The number of carbonyl (C=O) groups excluding carboxylic acids is 1. The van der Waals surface area contributed by atoms with E-state index in [4.69, 9.17) is 9.72 Å². The summed E-state index contributed by atoms with van der Waals surface area (Å²) in [6.07, 6.45) is 2.02. The van der Waals surface area contributed by atoms with E-state index in [1.54, 1.807) is 28.4 Å². The average Bonchev–Trinajstić information content (AvgIpc) is 3.40. The molecule has 7 heteroatoms. The summed E-state index contributed by atoms with van der Waals surface area (Å²) < 4.78 is 20.0. The first-order valence-electron chi connectivity index (χ1n) is 10.2. The first-order valence-corrected chi connectivity index (χ1v) is 12.0. The molecule has 0 bridgehead atoms. The van der Waals surface area contributed by atoms with Gasteiger partial charge in [0, 0.05) is 11.5 Å². The van der Waals surface area contributed by atoms with Gasteiger partial charge in [-0.1, -0.05) is 37.3 Å². The second-order valence-electron chi connectivity index (χ2n) is 7.73. The van der Waals surface area contributed by atoms with Gasteiger partial charge < -0.3 is 4.74 Å². The number of rotatable bonds is 7. The van der Waals surface area contributed by atoms with Crippen molar-refractivity contribution in [3.63, 3.8) is 0 Å². The lowest BCUT2D eigenvalue weighted by atomic mass is 10.0. The highest BCUT2D eigenvalue weighted by molar-refractivity contribution is 8.00. The Bertz CT molecular complexity index is 1010. The van der Waals surface area contributed by atoms with Crippen LogP contribution in [0.4, 0.5) is 9.52 Å². The van der Waals surface area contributed by atoms with Crippen LogP contribution in [0.25, 0.3) is 10.2 Å². The van der Waals surface area contributed by atoms with Crippen molar-refractivity contribution in [2.45, 2.75) is 43.6 Å². The summed E-state index contributed by atoms with van der Waals surface area (Å²) in [5.74, 6) is 0.344. The Morgan fingerprint density at radius 1 is 1.30 bits per heavy atom. The van der Waals surface area contributed by atoms with Gasteiger partial charge in [-0.05, 0) is 54.7 Å². The lowest BCUT2D eigenvalue weighted by Gasteiger charge is -2.23. The molecule has 2 heterocycles. The Hall–Kier alpha value is -1.96. The van der Waals surface area contributed by atoms with Crippen molar-refractivity contribution >= 4 is 44.4 Å². The van der Waals surface area contributed by atoms with Gasteiger partial charge in [-0.15, -0.1) is 11.8 Å². The molecule has 1 unspecified atom stereocenters. The molecule has 158 valence electrons. The molecule has 1 fully saturated rings. The predicted molar refractivity (Wildman–Crippen MR) is 122 cm³/mol. The zero-order valence-electron chi connectivity index (χ0n) is 17.1. The maximum atomic E-state index is 13.2. The molecule has 1 atom stereocenters. The number of hydrogen-bond donors (Lipinski definition) is 0. The van der Waals surface area contributed by atoms with Gasteiger partial charge in [0.05, 0.1) is 28.6 Å². The number of benzene rings is 2. The smallest absolute Gasteiger partial charge is 0.239 e. The molecular formula is C23H25FN2O2S2. The summed E-state index contributed by atoms with van der Waals surface area (Å²) in [7, 11) is 0.